The Morgan fingerprint density at radius 3 is 1.88 bits per heavy atom. The molecule has 6 aromatic rings. The maximum atomic E-state index is 4.76. The number of para-hydroxylation sites is 3. The van der Waals surface area contributed by atoms with Gasteiger partial charge in [-0.25, -0.2) is 4.98 Å². The van der Waals surface area contributed by atoms with E-state index in [0.717, 1.165) is 73.2 Å². The van der Waals surface area contributed by atoms with Crippen LogP contribution >= 0.6 is 0 Å². The van der Waals surface area contributed by atoms with Gasteiger partial charge in [0.05, 0.1) is 28.4 Å². The Balaban J connectivity index is 1.30. The third-order valence-electron chi connectivity index (χ3n) is 7.91. The molecular formula is C38H26N4. The molecule has 0 aliphatic carbocycles. The van der Waals surface area contributed by atoms with Gasteiger partial charge in [0, 0.05) is 23.5 Å². The summed E-state index contributed by atoms with van der Waals surface area (Å²) in [6.45, 7) is 0. The SMILES string of the molecule is C1=Cc2ccc(-c3cccc4c3Nc3c(cccc3-c3ccccn3)C=C4)cc2N(c2ccccn2)c2ccccc21. The highest BCUT2D eigenvalue weighted by Gasteiger charge is 2.23. The van der Waals surface area contributed by atoms with Gasteiger partial charge < -0.3 is 5.32 Å². The predicted octanol–water partition coefficient (Wildman–Crippen LogP) is 9.99. The average molecular weight is 539 g/mol. The second-order valence-corrected chi connectivity index (χ2v) is 10.4. The van der Waals surface area contributed by atoms with Crippen LogP contribution in [0.3, 0.4) is 0 Å². The summed E-state index contributed by atoms with van der Waals surface area (Å²) in [7, 11) is 0. The summed E-state index contributed by atoms with van der Waals surface area (Å²) in [6, 6.07) is 40.2. The molecule has 0 radical (unpaired) electrons. The number of hydrogen-bond donors (Lipinski definition) is 1. The van der Waals surface area contributed by atoms with Gasteiger partial charge in [-0.2, -0.15) is 0 Å². The highest BCUT2D eigenvalue weighted by atomic mass is 15.2. The minimum Gasteiger partial charge on any atom is -0.353 e. The van der Waals surface area contributed by atoms with Crippen molar-refractivity contribution >= 4 is 52.9 Å². The van der Waals surface area contributed by atoms with Gasteiger partial charge in [-0.05, 0) is 64.2 Å². The molecule has 8 rings (SSSR count). The van der Waals surface area contributed by atoms with Gasteiger partial charge in [0.2, 0.25) is 0 Å². The molecular weight excluding hydrogens is 512 g/mol. The second-order valence-electron chi connectivity index (χ2n) is 10.4. The molecule has 0 unspecified atom stereocenters. The Hall–Kier alpha value is -5.74. The number of nitrogens with zero attached hydrogens (tertiary/aromatic N) is 3. The van der Waals surface area contributed by atoms with Gasteiger partial charge in [0.15, 0.2) is 0 Å². The number of pyridine rings is 2. The van der Waals surface area contributed by atoms with Gasteiger partial charge in [-0.15, -0.1) is 0 Å². The lowest BCUT2D eigenvalue weighted by Crippen LogP contribution is -2.13. The monoisotopic (exact) mass is 538 g/mol. The molecule has 4 aromatic carbocycles. The molecule has 0 spiro atoms. The first-order chi connectivity index (χ1) is 20.8. The average Bonchev–Trinajstić information content (AvgIpc) is 3.35. The molecule has 4 heterocycles. The van der Waals surface area contributed by atoms with E-state index in [1.165, 1.54) is 0 Å². The zero-order chi connectivity index (χ0) is 27.9. The van der Waals surface area contributed by atoms with Crippen molar-refractivity contribution in [3.8, 4) is 22.4 Å². The lowest BCUT2D eigenvalue weighted by molar-refractivity contribution is 1.18. The van der Waals surface area contributed by atoms with Crippen LogP contribution in [0.15, 0.2) is 128 Å². The van der Waals surface area contributed by atoms with Crippen molar-refractivity contribution in [2.75, 3.05) is 10.2 Å². The number of anilines is 5. The number of fused-ring (bicyclic) bond motifs is 4. The summed E-state index contributed by atoms with van der Waals surface area (Å²) in [5.41, 5.74) is 13.1. The molecule has 0 fully saturated rings. The van der Waals surface area contributed by atoms with Crippen molar-refractivity contribution in [3.05, 3.63) is 150 Å². The first-order valence-electron chi connectivity index (χ1n) is 14.1. The van der Waals surface area contributed by atoms with Crippen molar-refractivity contribution < 1.29 is 0 Å². The van der Waals surface area contributed by atoms with Crippen LogP contribution in [0, 0.1) is 0 Å². The van der Waals surface area contributed by atoms with E-state index in [4.69, 9.17) is 4.98 Å². The molecule has 4 nitrogen and oxygen atoms in total. The van der Waals surface area contributed by atoms with Gasteiger partial charge >= 0.3 is 0 Å². The van der Waals surface area contributed by atoms with Crippen LogP contribution in [0.4, 0.5) is 28.6 Å². The molecule has 0 atom stereocenters. The molecule has 0 saturated carbocycles. The maximum absolute atomic E-state index is 4.76. The fourth-order valence-electron chi connectivity index (χ4n) is 5.90. The summed E-state index contributed by atoms with van der Waals surface area (Å²) in [5, 5.41) is 3.85. The van der Waals surface area contributed by atoms with Crippen molar-refractivity contribution in [2.24, 2.45) is 0 Å². The Morgan fingerprint density at radius 2 is 1.12 bits per heavy atom. The Kier molecular flexibility index (Phi) is 5.75. The van der Waals surface area contributed by atoms with Crippen LogP contribution < -0.4 is 10.2 Å². The fraction of sp³-hybridized carbons (Fsp3) is 0. The zero-order valence-corrected chi connectivity index (χ0v) is 22.8. The molecule has 198 valence electrons. The van der Waals surface area contributed by atoms with Crippen molar-refractivity contribution in [1.29, 1.82) is 0 Å². The van der Waals surface area contributed by atoms with Crippen LogP contribution in [-0.4, -0.2) is 9.97 Å². The largest absolute Gasteiger partial charge is 0.353 e. The topological polar surface area (TPSA) is 41.1 Å². The highest BCUT2D eigenvalue weighted by Crippen LogP contribution is 2.45. The van der Waals surface area contributed by atoms with E-state index in [0.29, 0.717) is 0 Å². The normalized spacial score (nSPS) is 12.7. The van der Waals surface area contributed by atoms with Gasteiger partial charge in [-0.3, -0.25) is 9.88 Å². The number of hydrogen-bond acceptors (Lipinski definition) is 4. The molecule has 2 aliphatic rings. The van der Waals surface area contributed by atoms with Crippen LogP contribution in [0.1, 0.15) is 22.3 Å². The molecule has 0 saturated heterocycles. The molecule has 1 N–H and O–H groups in total. The molecule has 42 heavy (non-hydrogen) atoms. The molecule has 2 aliphatic heterocycles. The second kappa shape index (κ2) is 10.0. The maximum Gasteiger partial charge on any atom is 0.137 e. The summed E-state index contributed by atoms with van der Waals surface area (Å²) in [6.07, 6.45) is 12.5. The number of nitrogens with one attached hydrogen (secondary N) is 1. The van der Waals surface area contributed by atoms with Gasteiger partial charge in [-0.1, -0.05) is 103 Å². The quantitative estimate of drug-likeness (QED) is 0.243. The third kappa shape index (κ3) is 4.09. The summed E-state index contributed by atoms with van der Waals surface area (Å²) >= 11 is 0. The Morgan fingerprint density at radius 1 is 0.476 bits per heavy atom. The van der Waals surface area contributed by atoms with E-state index < -0.39 is 0 Å². The van der Waals surface area contributed by atoms with E-state index in [9.17, 15) is 0 Å². The minimum absolute atomic E-state index is 0.883. The van der Waals surface area contributed by atoms with Crippen molar-refractivity contribution in [2.45, 2.75) is 0 Å². The smallest absolute Gasteiger partial charge is 0.137 e. The molecule has 0 bridgehead atoms. The minimum atomic E-state index is 0.883. The van der Waals surface area contributed by atoms with Crippen LogP contribution in [0.2, 0.25) is 0 Å². The van der Waals surface area contributed by atoms with E-state index in [1.807, 2.05) is 36.7 Å². The Labute approximate surface area is 245 Å². The number of rotatable bonds is 3. The van der Waals surface area contributed by atoms with Crippen LogP contribution in [-0.2, 0) is 0 Å². The van der Waals surface area contributed by atoms with E-state index in [2.05, 4.69) is 131 Å². The summed E-state index contributed by atoms with van der Waals surface area (Å²) in [4.78, 5) is 11.7. The first kappa shape index (κ1) is 24.1. The lowest BCUT2D eigenvalue weighted by Gasteiger charge is -2.27. The van der Waals surface area contributed by atoms with Crippen molar-refractivity contribution in [1.82, 2.24) is 9.97 Å². The Bertz CT molecular complexity index is 2010. The first-order valence-corrected chi connectivity index (χ1v) is 14.1. The zero-order valence-electron chi connectivity index (χ0n) is 22.8. The van der Waals surface area contributed by atoms with Gasteiger partial charge in [0.25, 0.3) is 0 Å². The third-order valence-corrected chi connectivity index (χ3v) is 7.91. The van der Waals surface area contributed by atoms with E-state index in [-0.39, 0.29) is 0 Å². The van der Waals surface area contributed by atoms with Crippen LogP contribution in [0.25, 0.3) is 46.7 Å². The number of aromatic nitrogens is 2. The van der Waals surface area contributed by atoms with Crippen LogP contribution in [0.5, 0.6) is 0 Å². The fourth-order valence-corrected chi connectivity index (χ4v) is 5.90. The van der Waals surface area contributed by atoms with Crippen molar-refractivity contribution in [3.63, 3.8) is 0 Å². The van der Waals surface area contributed by atoms with E-state index >= 15 is 0 Å². The summed E-state index contributed by atoms with van der Waals surface area (Å²) in [5.74, 6) is 0.883. The predicted molar refractivity (Wildman–Crippen MR) is 175 cm³/mol. The van der Waals surface area contributed by atoms with Gasteiger partial charge in [0.1, 0.15) is 5.82 Å². The van der Waals surface area contributed by atoms with E-state index in [1.54, 1.807) is 0 Å². The molecule has 4 heteroatoms. The summed E-state index contributed by atoms with van der Waals surface area (Å²) < 4.78 is 0. The number of benzene rings is 4. The standard InChI is InChI=1S/C38H26N4/c1-2-15-34-26(9-1)17-18-27-19-22-30(25-35(27)42(34)36-16-4-6-24-40-36)31-12-7-10-28-20-21-29-11-8-13-32(38(29)41-37(28)31)33-14-3-5-23-39-33/h1-25,41H. The molecule has 0 amide bonds. The highest BCUT2D eigenvalue weighted by molar-refractivity contribution is 6.00. The lowest BCUT2D eigenvalue weighted by atomic mass is 9.97. The molecule has 2 aromatic heterocycles.